The minimum Gasteiger partial charge on any atom is -0.480 e. The minimum absolute atomic E-state index is 0.266. The fourth-order valence-corrected chi connectivity index (χ4v) is 2.29. The Bertz CT molecular complexity index is 459. The Morgan fingerprint density at radius 3 is 2.40 bits per heavy atom. The molecule has 1 aromatic rings. The van der Waals surface area contributed by atoms with Gasteiger partial charge in [-0.2, -0.15) is 11.8 Å². The zero-order chi connectivity index (χ0) is 15.2. The highest BCUT2D eigenvalue weighted by molar-refractivity contribution is 7.98. The highest BCUT2D eigenvalue weighted by atomic mass is 32.2. The Morgan fingerprint density at radius 2 is 1.90 bits per heavy atom. The molecule has 0 aromatic heterocycles. The lowest BCUT2D eigenvalue weighted by Gasteiger charge is -2.26. The molecule has 1 amide bonds. The van der Waals surface area contributed by atoms with Crippen LogP contribution in [0.15, 0.2) is 30.3 Å². The summed E-state index contributed by atoms with van der Waals surface area (Å²) in [6, 6.07) is 8.53. The highest BCUT2D eigenvalue weighted by Crippen LogP contribution is 2.23. The third-order valence-electron chi connectivity index (χ3n) is 3.28. The van der Waals surface area contributed by atoms with E-state index in [4.69, 9.17) is 5.11 Å². The van der Waals surface area contributed by atoms with E-state index in [2.05, 4.69) is 5.32 Å². The number of carboxylic acids is 1. The number of rotatable bonds is 7. The Labute approximate surface area is 124 Å². The smallest absolute Gasteiger partial charge is 0.326 e. The molecule has 0 fully saturated rings. The van der Waals surface area contributed by atoms with Crippen molar-refractivity contribution in [2.75, 3.05) is 12.0 Å². The van der Waals surface area contributed by atoms with Crippen LogP contribution in [0.25, 0.3) is 0 Å². The molecule has 4 nitrogen and oxygen atoms in total. The Kier molecular flexibility index (Phi) is 6.07. The van der Waals surface area contributed by atoms with Crippen LogP contribution >= 0.6 is 11.8 Å². The highest BCUT2D eigenvalue weighted by Gasteiger charge is 2.32. The first kappa shape index (κ1) is 16.6. The zero-order valence-corrected chi connectivity index (χ0v) is 12.9. The average Bonchev–Trinajstić information content (AvgIpc) is 2.43. The van der Waals surface area contributed by atoms with E-state index in [0.717, 1.165) is 5.56 Å². The van der Waals surface area contributed by atoms with Crippen molar-refractivity contribution < 1.29 is 14.7 Å². The summed E-state index contributed by atoms with van der Waals surface area (Å²) in [5.74, 6) is -0.559. The van der Waals surface area contributed by atoms with Crippen LogP contribution in [-0.2, 0) is 15.0 Å². The molecule has 0 bridgehead atoms. The molecule has 5 heteroatoms. The second-order valence-electron chi connectivity index (χ2n) is 5.14. The lowest BCUT2D eigenvalue weighted by Crippen LogP contribution is -2.48. The standard InChI is InChI=1S/C15H21NO3S/c1-15(2,11-7-5-4-6-8-11)14(19)16-12(13(17)18)9-10-20-3/h4-8,12H,9-10H2,1-3H3,(H,16,19)(H,17,18)/t12-/m0/s1. The summed E-state index contributed by atoms with van der Waals surface area (Å²) < 4.78 is 0. The maximum absolute atomic E-state index is 12.4. The quantitative estimate of drug-likeness (QED) is 0.810. The van der Waals surface area contributed by atoms with Gasteiger partial charge in [0.25, 0.3) is 0 Å². The van der Waals surface area contributed by atoms with Crippen LogP contribution in [0.4, 0.5) is 0 Å². The molecular weight excluding hydrogens is 274 g/mol. The first-order valence-corrected chi connectivity index (χ1v) is 7.87. The fraction of sp³-hybridized carbons (Fsp3) is 0.467. The SMILES string of the molecule is CSCC[C@H](NC(=O)C(C)(C)c1ccccc1)C(=O)O. The lowest BCUT2D eigenvalue weighted by molar-refractivity contribution is -0.142. The van der Waals surface area contributed by atoms with Crippen LogP contribution in [-0.4, -0.2) is 35.0 Å². The molecule has 0 spiro atoms. The molecule has 0 aliphatic rings. The van der Waals surface area contributed by atoms with E-state index in [1.165, 1.54) is 0 Å². The van der Waals surface area contributed by atoms with E-state index < -0.39 is 17.4 Å². The summed E-state index contributed by atoms with van der Waals surface area (Å²) in [5, 5.41) is 11.8. The van der Waals surface area contributed by atoms with E-state index in [-0.39, 0.29) is 5.91 Å². The molecule has 1 aromatic carbocycles. The molecule has 0 saturated carbocycles. The molecule has 110 valence electrons. The summed E-state index contributed by atoms with van der Waals surface area (Å²) in [6.07, 6.45) is 2.34. The number of carbonyl (C=O) groups excluding carboxylic acids is 1. The fourth-order valence-electron chi connectivity index (χ4n) is 1.82. The monoisotopic (exact) mass is 295 g/mol. The van der Waals surface area contributed by atoms with Crippen molar-refractivity contribution in [3.63, 3.8) is 0 Å². The van der Waals surface area contributed by atoms with Gasteiger partial charge < -0.3 is 10.4 Å². The summed E-state index contributed by atoms with van der Waals surface area (Å²) in [7, 11) is 0. The van der Waals surface area contributed by atoms with Gasteiger partial charge in [0.1, 0.15) is 6.04 Å². The number of benzene rings is 1. The van der Waals surface area contributed by atoms with Crippen molar-refractivity contribution in [2.45, 2.75) is 31.7 Å². The van der Waals surface area contributed by atoms with Gasteiger partial charge in [-0.25, -0.2) is 4.79 Å². The van der Waals surface area contributed by atoms with Crippen LogP contribution in [0, 0.1) is 0 Å². The molecule has 1 rings (SSSR count). The number of thioether (sulfide) groups is 1. The molecular formula is C15H21NO3S. The van der Waals surface area contributed by atoms with E-state index in [1.807, 2.05) is 36.6 Å². The third kappa shape index (κ3) is 4.27. The average molecular weight is 295 g/mol. The maximum Gasteiger partial charge on any atom is 0.326 e. The van der Waals surface area contributed by atoms with Gasteiger partial charge in [0.2, 0.25) is 5.91 Å². The van der Waals surface area contributed by atoms with Gasteiger partial charge in [0, 0.05) is 0 Å². The number of aliphatic carboxylic acids is 1. The van der Waals surface area contributed by atoms with Gasteiger partial charge in [-0.3, -0.25) is 4.79 Å². The van der Waals surface area contributed by atoms with Crippen LogP contribution in [0.1, 0.15) is 25.8 Å². The molecule has 0 unspecified atom stereocenters. The molecule has 0 aliphatic heterocycles. The van der Waals surface area contributed by atoms with Crippen molar-refractivity contribution in [1.82, 2.24) is 5.32 Å². The number of carboxylic acid groups (broad SMARTS) is 1. The molecule has 20 heavy (non-hydrogen) atoms. The van der Waals surface area contributed by atoms with Crippen LogP contribution < -0.4 is 5.32 Å². The number of nitrogens with one attached hydrogen (secondary N) is 1. The Morgan fingerprint density at radius 1 is 1.30 bits per heavy atom. The summed E-state index contributed by atoms with van der Waals surface area (Å²) >= 11 is 1.56. The second kappa shape index (κ2) is 7.33. The first-order chi connectivity index (χ1) is 9.39. The lowest BCUT2D eigenvalue weighted by atomic mass is 9.83. The predicted molar refractivity (Wildman–Crippen MR) is 82.0 cm³/mol. The van der Waals surface area contributed by atoms with Crippen molar-refractivity contribution in [3.8, 4) is 0 Å². The molecule has 0 saturated heterocycles. The normalized spacial score (nSPS) is 12.8. The van der Waals surface area contributed by atoms with Crippen LogP contribution in [0.3, 0.4) is 0 Å². The Hall–Kier alpha value is -1.49. The van der Waals surface area contributed by atoms with Gasteiger partial charge in [-0.15, -0.1) is 0 Å². The first-order valence-electron chi connectivity index (χ1n) is 6.48. The third-order valence-corrected chi connectivity index (χ3v) is 3.92. The topological polar surface area (TPSA) is 66.4 Å². The molecule has 0 radical (unpaired) electrons. The van der Waals surface area contributed by atoms with Gasteiger partial charge >= 0.3 is 5.97 Å². The molecule has 0 heterocycles. The van der Waals surface area contributed by atoms with E-state index in [1.54, 1.807) is 25.6 Å². The van der Waals surface area contributed by atoms with Crippen molar-refractivity contribution in [3.05, 3.63) is 35.9 Å². The summed E-state index contributed by atoms with van der Waals surface area (Å²) in [4.78, 5) is 23.5. The number of hydrogen-bond donors (Lipinski definition) is 2. The summed E-state index contributed by atoms with van der Waals surface area (Å²) in [6.45, 7) is 3.59. The van der Waals surface area contributed by atoms with Gasteiger partial charge in [-0.1, -0.05) is 30.3 Å². The van der Waals surface area contributed by atoms with Crippen LogP contribution in [0.5, 0.6) is 0 Å². The predicted octanol–water partition coefficient (Wildman–Crippen LogP) is 2.29. The molecule has 1 atom stereocenters. The number of amides is 1. The second-order valence-corrected chi connectivity index (χ2v) is 6.12. The zero-order valence-electron chi connectivity index (χ0n) is 12.1. The van der Waals surface area contributed by atoms with Gasteiger partial charge in [0.15, 0.2) is 0 Å². The van der Waals surface area contributed by atoms with Crippen molar-refractivity contribution in [1.29, 1.82) is 0 Å². The number of hydrogen-bond acceptors (Lipinski definition) is 3. The van der Waals surface area contributed by atoms with Crippen molar-refractivity contribution >= 4 is 23.6 Å². The van der Waals surface area contributed by atoms with E-state index in [0.29, 0.717) is 12.2 Å². The largest absolute Gasteiger partial charge is 0.480 e. The minimum atomic E-state index is -0.990. The van der Waals surface area contributed by atoms with Crippen molar-refractivity contribution in [2.24, 2.45) is 0 Å². The molecule has 0 aliphatic carbocycles. The summed E-state index contributed by atoms with van der Waals surface area (Å²) in [5.41, 5.74) is 0.111. The van der Waals surface area contributed by atoms with E-state index >= 15 is 0 Å². The van der Waals surface area contributed by atoms with Gasteiger partial charge in [-0.05, 0) is 37.8 Å². The maximum atomic E-state index is 12.4. The van der Waals surface area contributed by atoms with E-state index in [9.17, 15) is 9.59 Å². The molecule has 2 N–H and O–H groups in total. The van der Waals surface area contributed by atoms with Crippen LogP contribution in [0.2, 0.25) is 0 Å². The van der Waals surface area contributed by atoms with Gasteiger partial charge in [0.05, 0.1) is 5.41 Å². The Balaban J connectivity index is 2.80. The number of carbonyl (C=O) groups is 2.